The normalized spacial score (nSPS) is 10.1. The molecule has 0 atom stereocenters. The zero-order valence-electron chi connectivity index (χ0n) is 11.5. The number of hydrogen-bond acceptors (Lipinski definition) is 4. The van der Waals surface area contributed by atoms with Crippen LogP contribution in [-0.4, -0.2) is 37.6 Å². The number of amides is 1. The number of benzene rings is 1. The van der Waals surface area contributed by atoms with Gasteiger partial charge in [0.05, 0.1) is 25.0 Å². The van der Waals surface area contributed by atoms with E-state index < -0.39 is 5.82 Å². The van der Waals surface area contributed by atoms with Crippen LogP contribution < -0.4 is 15.8 Å². The van der Waals surface area contributed by atoms with Crippen LogP contribution >= 0.6 is 0 Å². The Morgan fingerprint density at radius 2 is 2.05 bits per heavy atom. The minimum Gasteiger partial charge on any atom is -0.494 e. The molecular formula is C13H20FN3O2. The van der Waals surface area contributed by atoms with E-state index in [2.05, 4.69) is 5.32 Å². The van der Waals surface area contributed by atoms with Gasteiger partial charge in [-0.1, -0.05) is 0 Å². The Morgan fingerprint density at radius 1 is 1.42 bits per heavy atom. The average molecular weight is 269 g/mol. The highest BCUT2D eigenvalue weighted by atomic mass is 19.1. The zero-order chi connectivity index (χ0) is 14.4. The molecule has 0 saturated heterocycles. The van der Waals surface area contributed by atoms with Crippen LogP contribution in [0, 0.1) is 5.82 Å². The van der Waals surface area contributed by atoms with E-state index in [1.165, 1.54) is 19.2 Å². The molecule has 3 N–H and O–H groups in total. The monoisotopic (exact) mass is 269 g/mol. The summed E-state index contributed by atoms with van der Waals surface area (Å²) in [4.78, 5) is 13.5. The van der Waals surface area contributed by atoms with E-state index in [9.17, 15) is 9.18 Å². The third-order valence-electron chi connectivity index (χ3n) is 2.87. The van der Waals surface area contributed by atoms with Crippen LogP contribution in [0.25, 0.3) is 0 Å². The van der Waals surface area contributed by atoms with Gasteiger partial charge in [-0.05, 0) is 13.8 Å². The first-order valence-corrected chi connectivity index (χ1v) is 6.18. The second kappa shape index (κ2) is 6.82. The maximum absolute atomic E-state index is 13.4. The number of ether oxygens (including phenoxy) is 1. The molecular weight excluding hydrogens is 249 g/mol. The summed E-state index contributed by atoms with van der Waals surface area (Å²) in [6, 6.07) is 2.61. The lowest BCUT2D eigenvalue weighted by atomic mass is 10.2. The molecule has 1 aromatic rings. The number of rotatable bonds is 6. The Bertz CT molecular complexity index is 448. The number of nitrogens with two attached hydrogens (primary N) is 1. The van der Waals surface area contributed by atoms with Crippen molar-refractivity contribution in [3.8, 4) is 5.75 Å². The van der Waals surface area contributed by atoms with Gasteiger partial charge in [0.1, 0.15) is 0 Å². The van der Waals surface area contributed by atoms with E-state index in [4.69, 9.17) is 10.5 Å². The summed E-state index contributed by atoms with van der Waals surface area (Å²) < 4.78 is 18.2. The first kappa shape index (κ1) is 15.1. The smallest absolute Gasteiger partial charge is 0.241 e. The maximum atomic E-state index is 13.4. The molecule has 1 rings (SSSR count). The number of methoxy groups -OCH3 is 1. The fourth-order valence-electron chi connectivity index (χ4n) is 1.74. The van der Waals surface area contributed by atoms with Crippen molar-refractivity contribution in [3.05, 3.63) is 17.9 Å². The number of carbonyl (C=O) groups excluding carboxylic acids is 1. The Kier molecular flexibility index (Phi) is 5.41. The lowest BCUT2D eigenvalue weighted by molar-refractivity contribution is -0.128. The molecule has 0 aliphatic heterocycles. The number of nitrogens with zero attached hydrogens (tertiary/aromatic N) is 1. The summed E-state index contributed by atoms with van der Waals surface area (Å²) in [5, 5.41) is 2.90. The lowest BCUT2D eigenvalue weighted by Gasteiger charge is -2.19. The van der Waals surface area contributed by atoms with Crippen molar-refractivity contribution >= 4 is 17.3 Å². The first-order valence-electron chi connectivity index (χ1n) is 6.18. The summed E-state index contributed by atoms with van der Waals surface area (Å²) >= 11 is 0. The molecule has 0 bridgehead atoms. The predicted octanol–water partition coefficient (Wildman–Crippen LogP) is 1.70. The molecule has 5 nitrogen and oxygen atoms in total. The van der Waals surface area contributed by atoms with Gasteiger partial charge in [0.25, 0.3) is 0 Å². The summed E-state index contributed by atoms with van der Waals surface area (Å²) in [6.07, 6.45) is 0. The topological polar surface area (TPSA) is 67.6 Å². The Balaban J connectivity index is 2.75. The van der Waals surface area contributed by atoms with Crippen molar-refractivity contribution in [1.82, 2.24) is 4.90 Å². The van der Waals surface area contributed by atoms with Crippen LogP contribution in [0.3, 0.4) is 0 Å². The number of hydrogen-bond donors (Lipinski definition) is 2. The molecule has 19 heavy (non-hydrogen) atoms. The van der Waals surface area contributed by atoms with Gasteiger partial charge in [0, 0.05) is 25.2 Å². The molecule has 0 aliphatic carbocycles. The zero-order valence-corrected chi connectivity index (χ0v) is 11.5. The van der Waals surface area contributed by atoms with Crippen molar-refractivity contribution in [2.45, 2.75) is 13.8 Å². The van der Waals surface area contributed by atoms with Gasteiger partial charge in [-0.15, -0.1) is 0 Å². The molecule has 0 aliphatic rings. The third kappa shape index (κ3) is 3.74. The standard InChI is InChI=1S/C13H20FN3O2/c1-4-17(5-2)13(18)8-16-11-7-12(19-3)9(14)6-10(11)15/h6-7,16H,4-5,8,15H2,1-3H3. The molecule has 1 amide bonds. The van der Waals surface area contributed by atoms with Crippen molar-refractivity contribution in [3.63, 3.8) is 0 Å². The highest BCUT2D eigenvalue weighted by Crippen LogP contribution is 2.27. The number of halogens is 1. The molecule has 0 radical (unpaired) electrons. The van der Waals surface area contributed by atoms with Crippen molar-refractivity contribution in [1.29, 1.82) is 0 Å². The minimum atomic E-state index is -0.527. The molecule has 1 aromatic carbocycles. The SMILES string of the molecule is CCN(CC)C(=O)CNc1cc(OC)c(F)cc1N. The summed E-state index contributed by atoms with van der Waals surface area (Å²) in [5.41, 5.74) is 6.42. The number of carbonyl (C=O) groups is 1. The van der Waals surface area contributed by atoms with Gasteiger partial charge in [-0.25, -0.2) is 4.39 Å². The van der Waals surface area contributed by atoms with Crippen molar-refractivity contribution < 1.29 is 13.9 Å². The first-order chi connectivity index (χ1) is 9.03. The molecule has 106 valence electrons. The van der Waals surface area contributed by atoms with Crippen LogP contribution in [0.4, 0.5) is 15.8 Å². The molecule has 0 aromatic heterocycles. The Hall–Kier alpha value is -1.98. The molecule has 0 unspecified atom stereocenters. The fraction of sp³-hybridized carbons (Fsp3) is 0.462. The van der Waals surface area contributed by atoms with Crippen LogP contribution in [0.5, 0.6) is 5.75 Å². The van der Waals surface area contributed by atoms with Crippen molar-refractivity contribution in [2.24, 2.45) is 0 Å². The maximum Gasteiger partial charge on any atom is 0.241 e. The van der Waals surface area contributed by atoms with E-state index in [0.29, 0.717) is 18.8 Å². The van der Waals surface area contributed by atoms with E-state index in [-0.39, 0.29) is 23.9 Å². The highest BCUT2D eigenvalue weighted by Gasteiger charge is 2.12. The summed E-state index contributed by atoms with van der Waals surface area (Å²) in [7, 11) is 1.37. The molecule has 6 heteroatoms. The van der Waals surface area contributed by atoms with Gasteiger partial charge >= 0.3 is 0 Å². The Morgan fingerprint density at radius 3 is 2.58 bits per heavy atom. The largest absolute Gasteiger partial charge is 0.494 e. The second-order valence-corrected chi connectivity index (χ2v) is 3.99. The number of anilines is 2. The number of nitrogen functional groups attached to an aromatic ring is 1. The van der Waals surface area contributed by atoms with Crippen LogP contribution in [-0.2, 0) is 4.79 Å². The van der Waals surface area contributed by atoms with Gasteiger partial charge in [-0.2, -0.15) is 0 Å². The minimum absolute atomic E-state index is 0.0345. The van der Waals surface area contributed by atoms with E-state index in [0.717, 1.165) is 0 Å². The van der Waals surface area contributed by atoms with Gasteiger partial charge in [0.15, 0.2) is 11.6 Å². The number of nitrogens with one attached hydrogen (secondary N) is 1. The van der Waals surface area contributed by atoms with Crippen LogP contribution in [0.15, 0.2) is 12.1 Å². The molecule has 0 fully saturated rings. The van der Waals surface area contributed by atoms with Gasteiger partial charge in [0.2, 0.25) is 5.91 Å². The number of likely N-dealkylation sites (N-methyl/N-ethyl adjacent to an activating group) is 1. The fourth-order valence-corrected chi connectivity index (χ4v) is 1.74. The quantitative estimate of drug-likeness (QED) is 0.771. The average Bonchev–Trinajstić information content (AvgIpc) is 2.39. The second-order valence-electron chi connectivity index (χ2n) is 3.99. The molecule has 0 saturated carbocycles. The van der Waals surface area contributed by atoms with E-state index in [1.807, 2.05) is 13.8 Å². The predicted molar refractivity (Wildman–Crippen MR) is 73.8 cm³/mol. The van der Waals surface area contributed by atoms with Crippen molar-refractivity contribution in [2.75, 3.05) is 37.8 Å². The summed E-state index contributed by atoms with van der Waals surface area (Å²) in [6.45, 7) is 5.24. The molecule has 0 heterocycles. The van der Waals surface area contributed by atoms with Gasteiger partial charge < -0.3 is 20.7 Å². The van der Waals surface area contributed by atoms with E-state index in [1.54, 1.807) is 4.90 Å². The highest BCUT2D eigenvalue weighted by molar-refractivity contribution is 5.82. The van der Waals surface area contributed by atoms with Crippen LogP contribution in [0.2, 0.25) is 0 Å². The van der Waals surface area contributed by atoms with E-state index >= 15 is 0 Å². The Labute approximate surface area is 112 Å². The lowest BCUT2D eigenvalue weighted by Crippen LogP contribution is -2.35. The van der Waals surface area contributed by atoms with Crippen LogP contribution in [0.1, 0.15) is 13.8 Å². The summed E-state index contributed by atoms with van der Waals surface area (Å²) in [5.74, 6) is -0.472. The molecule has 0 spiro atoms. The third-order valence-corrected chi connectivity index (χ3v) is 2.87. The van der Waals surface area contributed by atoms with Gasteiger partial charge in [-0.3, -0.25) is 4.79 Å².